The first-order chi connectivity index (χ1) is 11.9. The lowest BCUT2D eigenvalue weighted by molar-refractivity contribution is -0.123. The Morgan fingerprint density at radius 1 is 1.20 bits per heavy atom. The van der Waals surface area contributed by atoms with Gasteiger partial charge in [0, 0.05) is 15.9 Å². The molecule has 1 aliphatic rings. The van der Waals surface area contributed by atoms with Crippen molar-refractivity contribution in [3.8, 4) is 5.75 Å². The van der Waals surface area contributed by atoms with Crippen LogP contribution in [0.1, 0.15) is 36.5 Å². The summed E-state index contributed by atoms with van der Waals surface area (Å²) in [5.41, 5.74) is 3.59. The highest BCUT2D eigenvalue weighted by Gasteiger charge is 2.49. The summed E-state index contributed by atoms with van der Waals surface area (Å²) in [6.07, 6.45) is 2.21. The number of amides is 1. The molecule has 0 bridgehead atoms. The van der Waals surface area contributed by atoms with Crippen LogP contribution >= 0.6 is 15.9 Å². The number of carbonyl (C=O) groups is 1. The first kappa shape index (κ1) is 18.0. The Morgan fingerprint density at radius 2 is 1.88 bits per heavy atom. The molecule has 1 atom stereocenters. The largest absolute Gasteiger partial charge is 0.484 e. The number of hydrogen-bond acceptors (Lipinski definition) is 2. The molecule has 2 aromatic rings. The van der Waals surface area contributed by atoms with Crippen LogP contribution in [-0.4, -0.2) is 18.6 Å². The number of nitrogens with one attached hydrogen (secondary N) is 1. The molecule has 0 radical (unpaired) electrons. The van der Waals surface area contributed by atoms with Gasteiger partial charge in [-0.1, -0.05) is 45.8 Å². The van der Waals surface area contributed by atoms with Crippen LogP contribution in [0.3, 0.4) is 0 Å². The van der Waals surface area contributed by atoms with Gasteiger partial charge in [0.15, 0.2) is 6.61 Å². The zero-order chi connectivity index (χ0) is 18.0. The number of ether oxygens (including phenoxy) is 1. The average molecular weight is 402 g/mol. The zero-order valence-electron chi connectivity index (χ0n) is 14.9. The molecule has 0 saturated heterocycles. The number of aryl methyl sites for hydroxylation is 2. The second-order valence-electron chi connectivity index (χ2n) is 7.01. The monoisotopic (exact) mass is 401 g/mol. The van der Waals surface area contributed by atoms with E-state index in [4.69, 9.17) is 4.74 Å². The van der Waals surface area contributed by atoms with Crippen molar-refractivity contribution < 1.29 is 9.53 Å². The first-order valence-corrected chi connectivity index (χ1v) is 9.45. The third-order valence-electron chi connectivity index (χ3n) is 5.10. The van der Waals surface area contributed by atoms with Crippen molar-refractivity contribution in [2.45, 2.75) is 45.1 Å². The summed E-state index contributed by atoms with van der Waals surface area (Å²) >= 11 is 3.48. The molecule has 0 spiro atoms. The Labute approximate surface area is 157 Å². The molecule has 0 aliphatic heterocycles. The van der Waals surface area contributed by atoms with E-state index < -0.39 is 0 Å². The summed E-state index contributed by atoms with van der Waals surface area (Å²) in [6, 6.07) is 14.5. The van der Waals surface area contributed by atoms with E-state index in [-0.39, 0.29) is 24.0 Å². The summed E-state index contributed by atoms with van der Waals surface area (Å²) in [4.78, 5) is 12.3. The van der Waals surface area contributed by atoms with Gasteiger partial charge in [-0.3, -0.25) is 4.79 Å². The quantitative estimate of drug-likeness (QED) is 0.762. The molecule has 3 rings (SSSR count). The van der Waals surface area contributed by atoms with E-state index in [2.05, 4.69) is 58.5 Å². The summed E-state index contributed by atoms with van der Waals surface area (Å²) < 4.78 is 6.77. The summed E-state index contributed by atoms with van der Waals surface area (Å²) in [5, 5.41) is 3.12. The number of hydrogen-bond donors (Lipinski definition) is 1. The second kappa shape index (κ2) is 7.20. The fourth-order valence-corrected chi connectivity index (χ4v) is 3.68. The van der Waals surface area contributed by atoms with Gasteiger partial charge >= 0.3 is 0 Å². The van der Waals surface area contributed by atoms with E-state index in [0.29, 0.717) is 0 Å². The molecule has 2 aromatic carbocycles. The van der Waals surface area contributed by atoms with E-state index >= 15 is 0 Å². The Hall–Kier alpha value is -1.81. The minimum absolute atomic E-state index is 0.0463. The maximum atomic E-state index is 12.3. The Kier molecular flexibility index (Phi) is 5.19. The molecule has 1 aliphatic carbocycles. The molecular weight excluding hydrogens is 378 g/mol. The fraction of sp³-hybridized carbons (Fsp3) is 0.381. The molecule has 1 saturated carbocycles. The van der Waals surface area contributed by atoms with Gasteiger partial charge in [0.05, 0.1) is 0 Å². The maximum absolute atomic E-state index is 12.3. The number of benzene rings is 2. The third-order valence-corrected chi connectivity index (χ3v) is 5.63. The van der Waals surface area contributed by atoms with Crippen molar-refractivity contribution in [1.82, 2.24) is 5.32 Å². The van der Waals surface area contributed by atoms with E-state index in [9.17, 15) is 4.79 Å². The molecule has 1 N–H and O–H groups in total. The minimum Gasteiger partial charge on any atom is -0.484 e. The predicted octanol–water partition coefficient (Wildman–Crippen LogP) is 4.68. The van der Waals surface area contributed by atoms with Crippen molar-refractivity contribution in [2.75, 3.05) is 6.61 Å². The summed E-state index contributed by atoms with van der Waals surface area (Å²) in [5.74, 6) is 0.693. The first-order valence-electron chi connectivity index (χ1n) is 8.66. The van der Waals surface area contributed by atoms with Crippen LogP contribution in [0.5, 0.6) is 5.75 Å². The highest BCUT2D eigenvalue weighted by Crippen LogP contribution is 2.51. The molecule has 25 heavy (non-hydrogen) atoms. The zero-order valence-corrected chi connectivity index (χ0v) is 16.5. The molecule has 0 aromatic heterocycles. The average Bonchev–Trinajstić information content (AvgIpc) is 3.36. The molecule has 4 heteroatoms. The fourth-order valence-electron chi connectivity index (χ4n) is 3.41. The van der Waals surface area contributed by atoms with Crippen molar-refractivity contribution in [3.63, 3.8) is 0 Å². The predicted molar refractivity (Wildman–Crippen MR) is 104 cm³/mol. The van der Waals surface area contributed by atoms with E-state index in [1.165, 1.54) is 11.1 Å². The van der Waals surface area contributed by atoms with Gasteiger partial charge in [0.25, 0.3) is 5.91 Å². The molecular formula is C21H24BrNO2. The van der Waals surface area contributed by atoms with Crippen molar-refractivity contribution in [1.29, 1.82) is 0 Å². The van der Waals surface area contributed by atoms with Crippen LogP contribution < -0.4 is 10.1 Å². The molecule has 0 heterocycles. The van der Waals surface area contributed by atoms with Gasteiger partial charge in [-0.25, -0.2) is 0 Å². The van der Waals surface area contributed by atoms with Crippen LogP contribution in [0.2, 0.25) is 0 Å². The molecule has 132 valence electrons. The Bertz CT molecular complexity index is 766. The van der Waals surface area contributed by atoms with Crippen LogP contribution in [0.25, 0.3) is 0 Å². The highest BCUT2D eigenvalue weighted by atomic mass is 79.9. The summed E-state index contributed by atoms with van der Waals surface area (Å²) in [7, 11) is 0. The molecule has 3 nitrogen and oxygen atoms in total. The number of rotatable bonds is 6. The Balaban J connectivity index is 1.58. The number of halogens is 1. The molecule has 1 amide bonds. The van der Waals surface area contributed by atoms with E-state index in [1.807, 2.05) is 26.0 Å². The van der Waals surface area contributed by atoms with Gasteiger partial charge in [-0.15, -0.1) is 0 Å². The van der Waals surface area contributed by atoms with E-state index in [1.54, 1.807) is 0 Å². The summed E-state index contributed by atoms with van der Waals surface area (Å²) in [6.45, 7) is 6.17. The normalized spacial score (nSPS) is 16.2. The van der Waals surface area contributed by atoms with Crippen LogP contribution in [-0.2, 0) is 10.2 Å². The molecule has 1 fully saturated rings. The van der Waals surface area contributed by atoms with Crippen LogP contribution in [0, 0.1) is 13.8 Å². The maximum Gasteiger partial charge on any atom is 0.258 e. The lowest BCUT2D eigenvalue weighted by Crippen LogP contribution is -2.43. The molecule has 1 unspecified atom stereocenters. The minimum atomic E-state index is -0.0733. The van der Waals surface area contributed by atoms with Gasteiger partial charge < -0.3 is 10.1 Å². The standard InChI is InChI=1S/C21H24BrNO2/c1-14-4-9-19(15(2)12-14)25-13-20(24)23-16(3)21(10-11-21)17-5-7-18(22)8-6-17/h4-9,12,16H,10-11,13H2,1-3H3,(H,23,24). The van der Waals surface area contributed by atoms with Gasteiger partial charge in [-0.2, -0.15) is 0 Å². The van der Waals surface area contributed by atoms with E-state index in [0.717, 1.165) is 28.6 Å². The SMILES string of the molecule is Cc1ccc(OCC(=O)NC(C)C2(c3ccc(Br)cc3)CC2)c(C)c1. The van der Waals surface area contributed by atoms with Gasteiger partial charge in [0.1, 0.15) is 5.75 Å². The van der Waals surface area contributed by atoms with Crippen LogP contribution in [0.15, 0.2) is 46.9 Å². The van der Waals surface area contributed by atoms with Gasteiger partial charge in [0.2, 0.25) is 0 Å². The lowest BCUT2D eigenvalue weighted by atomic mass is 9.89. The topological polar surface area (TPSA) is 38.3 Å². The number of carbonyl (C=O) groups excluding carboxylic acids is 1. The van der Waals surface area contributed by atoms with Crippen molar-refractivity contribution in [3.05, 3.63) is 63.6 Å². The second-order valence-corrected chi connectivity index (χ2v) is 7.93. The smallest absolute Gasteiger partial charge is 0.258 e. The Morgan fingerprint density at radius 3 is 2.48 bits per heavy atom. The van der Waals surface area contributed by atoms with Crippen molar-refractivity contribution >= 4 is 21.8 Å². The highest BCUT2D eigenvalue weighted by molar-refractivity contribution is 9.10. The van der Waals surface area contributed by atoms with Crippen molar-refractivity contribution in [2.24, 2.45) is 0 Å². The van der Waals surface area contributed by atoms with Gasteiger partial charge in [-0.05, 0) is 62.9 Å². The third kappa shape index (κ3) is 4.06. The van der Waals surface area contributed by atoms with Crippen LogP contribution in [0.4, 0.5) is 0 Å². The lowest BCUT2D eigenvalue weighted by Gasteiger charge is -2.25.